The molecule has 2 N–H and O–H groups in total. The molecule has 0 aliphatic heterocycles. The number of benzene rings is 2. The largest absolute Gasteiger partial charge is 0.459 e. The molecule has 1 aromatic heterocycles. The second kappa shape index (κ2) is 9.91. The summed E-state index contributed by atoms with van der Waals surface area (Å²) >= 11 is 0. The van der Waals surface area contributed by atoms with Crippen molar-refractivity contribution in [3.8, 4) is 0 Å². The van der Waals surface area contributed by atoms with Gasteiger partial charge in [0.05, 0.1) is 17.9 Å². The van der Waals surface area contributed by atoms with E-state index < -0.39 is 29.9 Å². The Labute approximate surface area is 184 Å². The highest BCUT2D eigenvalue weighted by atomic mass is 19.1. The van der Waals surface area contributed by atoms with Crippen molar-refractivity contribution in [2.24, 2.45) is 0 Å². The minimum Gasteiger partial charge on any atom is -0.459 e. The number of furan rings is 1. The molecule has 2 amide bonds. The molecule has 0 saturated heterocycles. The average Bonchev–Trinajstić information content (AvgIpc) is 3.30. The molecule has 0 radical (unpaired) electrons. The number of rotatable bonds is 7. The summed E-state index contributed by atoms with van der Waals surface area (Å²) in [6, 6.07) is 13.2. The van der Waals surface area contributed by atoms with Crippen molar-refractivity contribution in [2.45, 2.75) is 32.9 Å². The maximum Gasteiger partial charge on any atom is 0.338 e. The Hall–Kier alpha value is -3.94. The molecule has 2 aromatic carbocycles. The molecule has 0 fully saturated rings. The normalized spacial score (nSPS) is 12.5. The van der Waals surface area contributed by atoms with E-state index in [-0.39, 0.29) is 17.1 Å². The van der Waals surface area contributed by atoms with Crippen LogP contribution in [0.3, 0.4) is 0 Å². The van der Waals surface area contributed by atoms with Gasteiger partial charge in [0.25, 0.3) is 11.8 Å². The van der Waals surface area contributed by atoms with Crippen molar-refractivity contribution in [1.29, 1.82) is 0 Å². The fourth-order valence-corrected chi connectivity index (χ4v) is 2.92. The van der Waals surface area contributed by atoms with Crippen molar-refractivity contribution < 1.29 is 27.9 Å². The Morgan fingerprint density at radius 2 is 1.75 bits per heavy atom. The summed E-state index contributed by atoms with van der Waals surface area (Å²) in [7, 11) is 0. The number of aryl methyl sites for hydroxylation is 1. The van der Waals surface area contributed by atoms with Crippen LogP contribution in [-0.2, 0) is 9.53 Å². The van der Waals surface area contributed by atoms with Gasteiger partial charge in [-0.1, -0.05) is 18.2 Å². The fourth-order valence-electron chi connectivity index (χ4n) is 2.92. The summed E-state index contributed by atoms with van der Waals surface area (Å²) in [5.41, 5.74) is 2.05. The van der Waals surface area contributed by atoms with Crippen LogP contribution in [0.25, 0.3) is 0 Å². The first kappa shape index (κ1) is 22.7. The third-order valence-electron chi connectivity index (χ3n) is 4.85. The molecule has 0 bridgehead atoms. The molecule has 3 aromatic rings. The SMILES string of the molecule is Cc1ccc(C(=O)O[C@@H](C)C(=O)N[C@@H](C)c2ccc(F)cc2)cc1NC(=O)c1ccco1. The zero-order chi connectivity index (χ0) is 23.3. The highest BCUT2D eigenvalue weighted by molar-refractivity contribution is 6.03. The molecule has 0 saturated carbocycles. The van der Waals surface area contributed by atoms with Gasteiger partial charge in [-0.25, -0.2) is 9.18 Å². The van der Waals surface area contributed by atoms with E-state index in [1.165, 1.54) is 37.5 Å². The minimum absolute atomic E-state index is 0.137. The van der Waals surface area contributed by atoms with Crippen LogP contribution < -0.4 is 10.6 Å². The first-order chi connectivity index (χ1) is 15.2. The molecule has 3 rings (SSSR count). The van der Waals surface area contributed by atoms with E-state index in [1.807, 2.05) is 0 Å². The van der Waals surface area contributed by atoms with Gasteiger partial charge in [-0.3, -0.25) is 9.59 Å². The number of amides is 2. The van der Waals surface area contributed by atoms with Gasteiger partial charge in [0.15, 0.2) is 11.9 Å². The van der Waals surface area contributed by atoms with Gasteiger partial charge in [-0.2, -0.15) is 0 Å². The van der Waals surface area contributed by atoms with Crippen LogP contribution in [0.2, 0.25) is 0 Å². The zero-order valence-corrected chi connectivity index (χ0v) is 17.8. The molecule has 7 nitrogen and oxygen atoms in total. The summed E-state index contributed by atoms with van der Waals surface area (Å²) in [5, 5.41) is 5.41. The average molecular weight is 438 g/mol. The van der Waals surface area contributed by atoms with Crippen molar-refractivity contribution in [3.63, 3.8) is 0 Å². The molecule has 166 valence electrons. The lowest BCUT2D eigenvalue weighted by Gasteiger charge is -2.18. The lowest BCUT2D eigenvalue weighted by atomic mass is 10.1. The second-order valence-corrected chi connectivity index (χ2v) is 7.29. The number of carbonyl (C=O) groups is 3. The monoisotopic (exact) mass is 438 g/mol. The van der Waals surface area contributed by atoms with E-state index in [4.69, 9.17) is 9.15 Å². The van der Waals surface area contributed by atoms with E-state index in [0.29, 0.717) is 11.3 Å². The van der Waals surface area contributed by atoms with Gasteiger partial charge < -0.3 is 19.8 Å². The third-order valence-corrected chi connectivity index (χ3v) is 4.85. The van der Waals surface area contributed by atoms with Crippen LogP contribution in [0.1, 0.15) is 51.9 Å². The highest BCUT2D eigenvalue weighted by Crippen LogP contribution is 2.20. The molecule has 1 heterocycles. The molecular formula is C24H23FN2O5. The Morgan fingerprint density at radius 3 is 2.41 bits per heavy atom. The van der Waals surface area contributed by atoms with Gasteiger partial charge in [0.1, 0.15) is 5.82 Å². The molecule has 0 aliphatic carbocycles. The molecule has 2 atom stereocenters. The number of ether oxygens (including phenoxy) is 1. The number of halogens is 1. The zero-order valence-electron chi connectivity index (χ0n) is 17.8. The standard InChI is InChI=1S/C24H23FN2O5/c1-14-6-7-18(13-20(14)27-23(29)21-5-4-12-31-21)24(30)32-16(3)22(28)26-15(2)17-8-10-19(25)11-9-17/h4-13,15-16H,1-3H3,(H,26,28)(H,27,29)/t15-,16-/m0/s1. The predicted octanol–water partition coefficient (Wildman–Crippen LogP) is 4.40. The molecule has 0 spiro atoms. The van der Waals surface area contributed by atoms with Gasteiger partial charge in [0, 0.05) is 5.69 Å². The summed E-state index contributed by atoms with van der Waals surface area (Å²) in [6.45, 7) is 4.98. The van der Waals surface area contributed by atoms with Gasteiger partial charge in [0.2, 0.25) is 0 Å². The van der Waals surface area contributed by atoms with E-state index in [0.717, 1.165) is 5.56 Å². The smallest absolute Gasteiger partial charge is 0.338 e. The molecule has 32 heavy (non-hydrogen) atoms. The van der Waals surface area contributed by atoms with Crippen LogP contribution in [-0.4, -0.2) is 23.9 Å². The van der Waals surface area contributed by atoms with E-state index in [1.54, 1.807) is 44.2 Å². The molecular weight excluding hydrogens is 415 g/mol. The number of anilines is 1. The van der Waals surface area contributed by atoms with Crippen molar-refractivity contribution >= 4 is 23.5 Å². The first-order valence-electron chi connectivity index (χ1n) is 9.97. The van der Waals surface area contributed by atoms with Crippen molar-refractivity contribution in [2.75, 3.05) is 5.32 Å². The van der Waals surface area contributed by atoms with Crippen molar-refractivity contribution in [1.82, 2.24) is 5.32 Å². The van der Waals surface area contributed by atoms with E-state index in [2.05, 4.69) is 10.6 Å². The highest BCUT2D eigenvalue weighted by Gasteiger charge is 2.22. The van der Waals surface area contributed by atoms with Crippen LogP contribution in [0.5, 0.6) is 0 Å². The molecule has 0 aliphatic rings. The third kappa shape index (κ3) is 5.60. The number of hydrogen-bond acceptors (Lipinski definition) is 5. The van der Waals surface area contributed by atoms with Crippen LogP contribution in [0, 0.1) is 12.7 Å². The Balaban J connectivity index is 1.62. The van der Waals surface area contributed by atoms with Crippen LogP contribution >= 0.6 is 0 Å². The summed E-state index contributed by atoms with van der Waals surface area (Å²) < 4.78 is 23.4. The fraction of sp³-hybridized carbons (Fsp3) is 0.208. The summed E-state index contributed by atoms with van der Waals surface area (Å²) in [5.74, 6) is -1.89. The first-order valence-corrected chi connectivity index (χ1v) is 9.97. The Morgan fingerprint density at radius 1 is 1.03 bits per heavy atom. The lowest BCUT2D eigenvalue weighted by molar-refractivity contribution is -0.129. The second-order valence-electron chi connectivity index (χ2n) is 7.29. The lowest BCUT2D eigenvalue weighted by Crippen LogP contribution is -2.37. The number of esters is 1. The van der Waals surface area contributed by atoms with E-state index in [9.17, 15) is 18.8 Å². The minimum atomic E-state index is -1.06. The van der Waals surface area contributed by atoms with Crippen molar-refractivity contribution in [3.05, 3.63) is 89.1 Å². The quantitative estimate of drug-likeness (QED) is 0.533. The van der Waals surface area contributed by atoms with Gasteiger partial charge in [-0.05, 0) is 68.3 Å². The van der Waals surface area contributed by atoms with E-state index >= 15 is 0 Å². The molecule has 8 heteroatoms. The summed E-state index contributed by atoms with van der Waals surface area (Å²) in [4.78, 5) is 37.2. The number of carbonyl (C=O) groups excluding carboxylic acids is 3. The Bertz CT molecular complexity index is 1110. The maximum atomic E-state index is 13.1. The number of hydrogen-bond donors (Lipinski definition) is 2. The topological polar surface area (TPSA) is 97.6 Å². The van der Waals surface area contributed by atoms with Gasteiger partial charge in [-0.15, -0.1) is 0 Å². The Kier molecular flexibility index (Phi) is 7.04. The molecule has 0 unspecified atom stereocenters. The predicted molar refractivity (Wildman–Crippen MR) is 116 cm³/mol. The number of nitrogens with one attached hydrogen (secondary N) is 2. The van der Waals surface area contributed by atoms with Crippen LogP contribution in [0.15, 0.2) is 65.3 Å². The summed E-state index contributed by atoms with van der Waals surface area (Å²) in [6.07, 6.45) is 0.326. The van der Waals surface area contributed by atoms with Crippen LogP contribution in [0.4, 0.5) is 10.1 Å². The maximum absolute atomic E-state index is 13.1. The van der Waals surface area contributed by atoms with Gasteiger partial charge >= 0.3 is 5.97 Å².